The van der Waals surface area contributed by atoms with E-state index in [1.807, 2.05) is 26.0 Å². The molecule has 0 spiro atoms. The number of carbonyl (C=O) groups excluding carboxylic acids is 1. The molecule has 0 saturated heterocycles. The molecule has 4 nitrogen and oxygen atoms in total. The summed E-state index contributed by atoms with van der Waals surface area (Å²) >= 11 is 0. The van der Waals surface area contributed by atoms with Crippen molar-refractivity contribution in [2.75, 3.05) is 0 Å². The molecule has 0 saturated carbocycles. The highest BCUT2D eigenvalue weighted by Crippen LogP contribution is 2.03. The molecular weight excluding hydrogens is 178 g/mol. The Morgan fingerprint density at radius 3 is 3.00 bits per heavy atom. The maximum Gasteiger partial charge on any atom is 0.343 e. The van der Waals surface area contributed by atoms with E-state index in [1.165, 1.54) is 0 Å². The number of hydrogen-bond donors (Lipinski definition) is 0. The quantitative estimate of drug-likeness (QED) is 0.596. The van der Waals surface area contributed by atoms with E-state index >= 15 is 0 Å². The van der Waals surface area contributed by atoms with Gasteiger partial charge in [-0.25, -0.2) is 0 Å². The number of rotatable bonds is 2. The molecule has 4 heteroatoms. The Morgan fingerprint density at radius 1 is 1.57 bits per heavy atom. The molecule has 0 amide bonds. The van der Waals surface area contributed by atoms with Gasteiger partial charge in [0.25, 0.3) is 6.04 Å². The summed E-state index contributed by atoms with van der Waals surface area (Å²) in [4.78, 5) is 15.9. The molecule has 0 radical (unpaired) electrons. The Balaban J connectivity index is 2.41. The topological polar surface area (TPSA) is 48.2 Å². The molecule has 72 valence electrons. The molecule has 0 aromatic carbocycles. The van der Waals surface area contributed by atoms with Crippen molar-refractivity contribution >= 4 is 5.78 Å². The lowest BCUT2D eigenvalue weighted by Crippen LogP contribution is -2.37. The largest absolute Gasteiger partial charge is 0.343 e. The first kappa shape index (κ1) is 8.99. The lowest BCUT2D eigenvalue weighted by atomic mass is 10.0. The van der Waals surface area contributed by atoms with Gasteiger partial charge < -0.3 is 0 Å². The summed E-state index contributed by atoms with van der Waals surface area (Å²) in [5, 5.41) is 4.07. The maximum atomic E-state index is 11.6. The number of aromatic nitrogens is 2. The van der Waals surface area contributed by atoms with E-state index in [-0.39, 0.29) is 17.7 Å². The van der Waals surface area contributed by atoms with Gasteiger partial charge >= 0.3 is 5.49 Å². The van der Waals surface area contributed by atoms with Crippen LogP contribution in [-0.2, 0) is 4.79 Å². The molecule has 0 bridgehead atoms. The van der Waals surface area contributed by atoms with E-state index in [0.29, 0.717) is 0 Å². The minimum atomic E-state index is -0.357. The monoisotopic (exact) mass is 190 g/mol. The van der Waals surface area contributed by atoms with Crippen LogP contribution in [0.15, 0.2) is 23.3 Å². The lowest BCUT2D eigenvalue weighted by Gasteiger charge is -1.99. The highest BCUT2D eigenvalue weighted by Gasteiger charge is 2.28. The Hall–Kier alpha value is -1.58. The molecule has 1 unspecified atom stereocenters. The third-order valence-electron chi connectivity index (χ3n) is 2.17. The van der Waals surface area contributed by atoms with E-state index in [2.05, 4.69) is 10.1 Å². The first-order valence-corrected chi connectivity index (χ1v) is 4.65. The van der Waals surface area contributed by atoms with Gasteiger partial charge in [-0.3, -0.25) is 4.79 Å². The van der Waals surface area contributed by atoms with E-state index in [9.17, 15) is 4.79 Å². The van der Waals surface area contributed by atoms with Gasteiger partial charge in [0.2, 0.25) is 0 Å². The Bertz CT molecular complexity index is 443. The Labute approximate surface area is 81.6 Å². The molecule has 0 aliphatic carbocycles. The molecule has 2 rings (SSSR count). The van der Waals surface area contributed by atoms with Crippen molar-refractivity contribution in [3.05, 3.63) is 30.0 Å². The summed E-state index contributed by atoms with van der Waals surface area (Å²) in [6.45, 7) is 3.76. The summed E-state index contributed by atoms with van der Waals surface area (Å²) in [6, 6.07) is 3.30. The van der Waals surface area contributed by atoms with Crippen LogP contribution in [0, 0.1) is 12.1 Å². The summed E-state index contributed by atoms with van der Waals surface area (Å²) < 4.78 is 1.64. The van der Waals surface area contributed by atoms with Crippen LogP contribution in [0.3, 0.4) is 0 Å². The molecule has 1 aliphatic heterocycles. The van der Waals surface area contributed by atoms with Crippen LogP contribution in [0.2, 0.25) is 0 Å². The van der Waals surface area contributed by atoms with Crippen LogP contribution in [0.25, 0.3) is 0 Å². The standard InChI is InChI=1S/C10H12N3O/c1-7(2)10(14)8-6-13-9(12-8)4-3-5-11-13/h3-8H,1-2H3/q+1. The van der Waals surface area contributed by atoms with Crippen molar-refractivity contribution in [2.45, 2.75) is 19.9 Å². The second-order valence-electron chi connectivity index (χ2n) is 3.61. The van der Waals surface area contributed by atoms with Crippen molar-refractivity contribution in [3.63, 3.8) is 0 Å². The fourth-order valence-electron chi connectivity index (χ4n) is 1.38. The number of Topliss-reactive ketones (excluding diaryl/α,β-unsaturated/α-hetero) is 1. The van der Waals surface area contributed by atoms with Gasteiger partial charge in [-0.05, 0) is 6.07 Å². The molecule has 0 fully saturated rings. The Morgan fingerprint density at radius 2 is 2.36 bits per heavy atom. The van der Waals surface area contributed by atoms with Crippen LogP contribution in [0.4, 0.5) is 0 Å². The summed E-state index contributed by atoms with van der Waals surface area (Å²) in [7, 11) is 0. The lowest BCUT2D eigenvalue weighted by molar-refractivity contribution is -0.590. The number of ketones is 1. The molecule has 1 aliphatic rings. The fraction of sp³-hybridized carbons (Fsp3) is 0.400. The van der Waals surface area contributed by atoms with Gasteiger partial charge in [0, 0.05) is 12.0 Å². The molecule has 1 aromatic rings. The van der Waals surface area contributed by atoms with Crippen molar-refractivity contribution < 1.29 is 9.15 Å². The summed E-state index contributed by atoms with van der Waals surface area (Å²) in [5.41, 5.74) is 0.742. The minimum Gasteiger partial charge on any atom is -0.294 e. The summed E-state index contributed by atoms with van der Waals surface area (Å²) in [6.07, 6.45) is 3.43. The summed E-state index contributed by atoms with van der Waals surface area (Å²) in [5.74, 6) is 0.144. The van der Waals surface area contributed by atoms with Crippen molar-refractivity contribution in [3.8, 4) is 0 Å². The van der Waals surface area contributed by atoms with Gasteiger partial charge in [0.15, 0.2) is 12.0 Å². The highest BCUT2D eigenvalue weighted by molar-refractivity contribution is 5.86. The SMILES string of the molecule is CC(C)C(=O)C1C=[n+]2ncccc2=N1. The van der Waals surface area contributed by atoms with E-state index in [0.717, 1.165) is 5.49 Å². The first-order chi connectivity index (χ1) is 6.68. The van der Waals surface area contributed by atoms with Gasteiger partial charge in [-0.2, -0.15) is 0 Å². The number of hydrogen-bond acceptors (Lipinski definition) is 3. The molecule has 0 N–H and O–H groups in total. The van der Waals surface area contributed by atoms with E-state index < -0.39 is 0 Å². The number of carbonyl (C=O) groups is 1. The second kappa shape index (κ2) is 3.29. The van der Waals surface area contributed by atoms with Crippen LogP contribution in [0.1, 0.15) is 13.8 Å². The van der Waals surface area contributed by atoms with Crippen LogP contribution >= 0.6 is 0 Å². The average molecular weight is 190 g/mol. The second-order valence-corrected chi connectivity index (χ2v) is 3.61. The van der Waals surface area contributed by atoms with Crippen molar-refractivity contribution in [1.29, 1.82) is 0 Å². The van der Waals surface area contributed by atoms with Crippen LogP contribution in [0.5, 0.6) is 0 Å². The van der Waals surface area contributed by atoms with Gasteiger partial charge in [0.1, 0.15) is 0 Å². The zero-order chi connectivity index (χ0) is 10.1. The highest BCUT2D eigenvalue weighted by atomic mass is 16.1. The van der Waals surface area contributed by atoms with Crippen LogP contribution in [-0.4, -0.2) is 16.9 Å². The minimum absolute atomic E-state index is 0.00918. The van der Waals surface area contributed by atoms with Gasteiger partial charge in [-0.1, -0.05) is 23.9 Å². The fourth-order valence-corrected chi connectivity index (χ4v) is 1.38. The van der Waals surface area contributed by atoms with E-state index in [4.69, 9.17) is 0 Å². The zero-order valence-corrected chi connectivity index (χ0v) is 8.21. The maximum absolute atomic E-state index is 11.6. The molecule has 1 atom stereocenters. The molecule has 14 heavy (non-hydrogen) atoms. The number of fused-ring (bicyclic) bond motifs is 1. The number of nitrogens with zero attached hydrogens (tertiary/aromatic N) is 3. The first-order valence-electron chi connectivity index (χ1n) is 4.65. The van der Waals surface area contributed by atoms with E-state index in [1.54, 1.807) is 16.8 Å². The third-order valence-corrected chi connectivity index (χ3v) is 2.17. The molecule has 2 heterocycles. The predicted molar refractivity (Wildman–Crippen MR) is 48.9 cm³/mol. The van der Waals surface area contributed by atoms with Crippen LogP contribution < -0.4 is 9.85 Å². The molecular formula is C10H12N3O+. The van der Waals surface area contributed by atoms with Crippen molar-refractivity contribution in [1.82, 2.24) is 5.10 Å². The smallest absolute Gasteiger partial charge is 0.294 e. The normalized spacial score (nSPS) is 18.6. The molecule has 1 aromatic heterocycles. The third kappa shape index (κ3) is 1.43. The average Bonchev–Trinajstić information content (AvgIpc) is 2.59. The van der Waals surface area contributed by atoms with Gasteiger partial charge in [0.05, 0.1) is 6.20 Å². The zero-order valence-electron chi connectivity index (χ0n) is 8.21. The Kier molecular flexibility index (Phi) is 2.11. The predicted octanol–water partition coefficient (Wildman–Crippen LogP) is -0.394. The van der Waals surface area contributed by atoms with Crippen molar-refractivity contribution in [2.24, 2.45) is 10.9 Å². The van der Waals surface area contributed by atoms with Gasteiger partial charge in [-0.15, -0.1) is 4.36 Å².